The summed E-state index contributed by atoms with van der Waals surface area (Å²) in [5.41, 5.74) is 6.30. The second-order valence-corrected chi connectivity index (χ2v) is 5.29. The van der Waals surface area contributed by atoms with Gasteiger partial charge in [-0.1, -0.05) is 6.07 Å². The number of nitrogens with two attached hydrogens (primary N) is 1. The van der Waals surface area contributed by atoms with Gasteiger partial charge in [-0.25, -0.2) is 0 Å². The second kappa shape index (κ2) is 8.52. The van der Waals surface area contributed by atoms with E-state index in [-0.39, 0.29) is 12.4 Å². The van der Waals surface area contributed by atoms with Crippen molar-refractivity contribution >= 4 is 11.7 Å². The molecule has 0 aliphatic carbocycles. The molecular formula is C16H24N2O3. The molecule has 0 aromatic heterocycles. The summed E-state index contributed by atoms with van der Waals surface area (Å²) in [4.78, 5) is 14.0. The fourth-order valence-electron chi connectivity index (χ4n) is 2.41. The highest BCUT2D eigenvalue weighted by molar-refractivity contribution is 5.69. The van der Waals surface area contributed by atoms with Crippen LogP contribution in [0.1, 0.15) is 25.7 Å². The van der Waals surface area contributed by atoms with E-state index in [1.54, 1.807) is 12.1 Å². The summed E-state index contributed by atoms with van der Waals surface area (Å²) >= 11 is 0. The van der Waals surface area contributed by atoms with Gasteiger partial charge in [-0.15, -0.1) is 0 Å². The van der Waals surface area contributed by atoms with Crippen LogP contribution in [0.3, 0.4) is 0 Å². The summed E-state index contributed by atoms with van der Waals surface area (Å²) in [5, 5.41) is 0. The van der Waals surface area contributed by atoms with Crippen molar-refractivity contribution in [3.8, 4) is 5.75 Å². The Morgan fingerprint density at radius 1 is 1.24 bits per heavy atom. The van der Waals surface area contributed by atoms with Crippen LogP contribution in [0.5, 0.6) is 5.75 Å². The molecule has 1 aromatic rings. The van der Waals surface area contributed by atoms with Crippen LogP contribution in [-0.2, 0) is 9.53 Å². The minimum Gasteiger partial charge on any atom is -0.493 e. The first-order valence-corrected chi connectivity index (χ1v) is 7.60. The molecular weight excluding hydrogens is 268 g/mol. The van der Waals surface area contributed by atoms with Crippen molar-refractivity contribution < 1.29 is 14.3 Å². The average molecular weight is 292 g/mol. The van der Waals surface area contributed by atoms with E-state index in [2.05, 4.69) is 4.90 Å². The predicted molar refractivity (Wildman–Crippen MR) is 82.2 cm³/mol. The number of anilines is 1. The highest BCUT2D eigenvalue weighted by atomic mass is 16.5. The molecule has 1 aromatic carbocycles. The van der Waals surface area contributed by atoms with Gasteiger partial charge in [0.2, 0.25) is 0 Å². The van der Waals surface area contributed by atoms with E-state index in [1.165, 1.54) is 25.9 Å². The third-order valence-electron chi connectivity index (χ3n) is 3.51. The van der Waals surface area contributed by atoms with Crippen molar-refractivity contribution in [2.45, 2.75) is 25.7 Å². The molecule has 0 bridgehead atoms. The van der Waals surface area contributed by atoms with Gasteiger partial charge in [0.15, 0.2) is 0 Å². The van der Waals surface area contributed by atoms with Gasteiger partial charge in [0.05, 0.1) is 19.6 Å². The smallest absolute Gasteiger partial charge is 0.309 e. The number of hydrogen-bond donors (Lipinski definition) is 1. The highest BCUT2D eigenvalue weighted by Gasteiger charge is 2.11. The van der Waals surface area contributed by atoms with Gasteiger partial charge in [-0.05, 0) is 44.5 Å². The Bertz CT molecular complexity index is 445. The lowest BCUT2D eigenvalue weighted by atomic mass is 10.3. The molecule has 1 aliphatic rings. The predicted octanol–water partition coefficient (Wildman–Crippen LogP) is 2.07. The number of nitrogens with zero attached hydrogens (tertiary/aromatic N) is 1. The fourth-order valence-corrected chi connectivity index (χ4v) is 2.41. The number of esters is 1. The van der Waals surface area contributed by atoms with E-state index in [0.717, 1.165) is 13.0 Å². The summed E-state index contributed by atoms with van der Waals surface area (Å²) in [6, 6.07) is 7.17. The number of nitrogen functional groups attached to an aromatic ring is 1. The first-order valence-electron chi connectivity index (χ1n) is 7.60. The molecule has 5 nitrogen and oxygen atoms in total. The summed E-state index contributed by atoms with van der Waals surface area (Å²) in [7, 11) is 0. The van der Waals surface area contributed by atoms with Crippen LogP contribution in [0.15, 0.2) is 24.3 Å². The van der Waals surface area contributed by atoms with E-state index in [1.807, 2.05) is 12.1 Å². The highest BCUT2D eigenvalue weighted by Crippen LogP contribution is 2.14. The van der Waals surface area contributed by atoms with E-state index in [0.29, 0.717) is 24.7 Å². The minimum absolute atomic E-state index is 0.208. The fraction of sp³-hybridized carbons (Fsp3) is 0.562. The molecule has 2 N–H and O–H groups in total. The van der Waals surface area contributed by atoms with Gasteiger partial charge < -0.3 is 20.1 Å². The zero-order chi connectivity index (χ0) is 14.9. The van der Waals surface area contributed by atoms with Crippen LogP contribution in [-0.4, -0.2) is 43.7 Å². The largest absolute Gasteiger partial charge is 0.493 e. The number of rotatable bonds is 8. The van der Waals surface area contributed by atoms with Crippen LogP contribution < -0.4 is 10.5 Å². The molecule has 0 radical (unpaired) electrons. The molecule has 2 rings (SSSR count). The maximum absolute atomic E-state index is 11.6. The lowest BCUT2D eigenvalue weighted by Crippen LogP contribution is -2.22. The molecule has 116 valence electrons. The Hall–Kier alpha value is -1.75. The summed E-state index contributed by atoms with van der Waals surface area (Å²) < 4.78 is 10.6. The Morgan fingerprint density at radius 2 is 2.05 bits per heavy atom. The number of benzene rings is 1. The van der Waals surface area contributed by atoms with Crippen molar-refractivity contribution in [1.29, 1.82) is 0 Å². The van der Waals surface area contributed by atoms with Gasteiger partial charge in [0.1, 0.15) is 5.75 Å². The zero-order valence-corrected chi connectivity index (χ0v) is 12.4. The Labute approximate surface area is 126 Å². The van der Waals surface area contributed by atoms with Crippen molar-refractivity contribution in [3.63, 3.8) is 0 Å². The SMILES string of the molecule is Nc1cccc(OCCC(=O)OCCCN2CCCC2)c1. The number of likely N-dealkylation sites (tertiary alicyclic amines) is 1. The van der Waals surface area contributed by atoms with Crippen LogP contribution in [0.2, 0.25) is 0 Å². The van der Waals surface area contributed by atoms with Gasteiger partial charge in [0.25, 0.3) is 0 Å². The summed E-state index contributed by atoms with van der Waals surface area (Å²) in [6.45, 7) is 4.19. The molecule has 0 saturated carbocycles. The number of carbonyl (C=O) groups excluding carboxylic acids is 1. The third-order valence-corrected chi connectivity index (χ3v) is 3.51. The lowest BCUT2D eigenvalue weighted by molar-refractivity contribution is -0.144. The molecule has 21 heavy (non-hydrogen) atoms. The monoisotopic (exact) mass is 292 g/mol. The van der Waals surface area contributed by atoms with E-state index in [4.69, 9.17) is 15.2 Å². The van der Waals surface area contributed by atoms with Gasteiger partial charge >= 0.3 is 5.97 Å². The van der Waals surface area contributed by atoms with Gasteiger partial charge in [-0.2, -0.15) is 0 Å². The van der Waals surface area contributed by atoms with E-state index in [9.17, 15) is 4.79 Å². The first kappa shape index (κ1) is 15.6. The lowest BCUT2D eigenvalue weighted by Gasteiger charge is -2.14. The molecule has 5 heteroatoms. The van der Waals surface area contributed by atoms with Crippen LogP contribution in [0.4, 0.5) is 5.69 Å². The zero-order valence-electron chi connectivity index (χ0n) is 12.4. The van der Waals surface area contributed by atoms with Crippen molar-refractivity contribution in [2.24, 2.45) is 0 Å². The van der Waals surface area contributed by atoms with E-state index >= 15 is 0 Å². The molecule has 1 fully saturated rings. The van der Waals surface area contributed by atoms with Crippen LogP contribution >= 0.6 is 0 Å². The molecule has 0 spiro atoms. The molecule has 0 amide bonds. The van der Waals surface area contributed by atoms with E-state index < -0.39 is 0 Å². The van der Waals surface area contributed by atoms with Gasteiger partial charge in [-0.3, -0.25) is 4.79 Å². The second-order valence-electron chi connectivity index (χ2n) is 5.29. The molecule has 0 atom stereocenters. The maximum Gasteiger partial charge on any atom is 0.309 e. The van der Waals surface area contributed by atoms with Crippen LogP contribution in [0.25, 0.3) is 0 Å². The average Bonchev–Trinajstić information content (AvgIpc) is 2.97. The molecule has 1 saturated heterocycles. The normalized spacial score (nSPS) is 15.0. The quantitative estimate of drug-likeness (QED) is 0.451. The number of carbonyl (C=O) groups is 1. The first-order chi connectivity index (χ1) is 10.2. The number of ether oxygens (including phenoxy) is 2. The van der Waals surface area contributed by atoms with Crippen molar-refractivity contribution in [3.05, 3.63) is 24.3 Å². The topological polar surface area (TPSA) is 64.8 Å². The maximum atomic E-state index is 11.6. The van der Waals surface area contributed by atoms with Crippen molar-refractivity contribution in [2.75, 3.05) is 38.6 Å². The van der Waals surface area contributed by atoms with Crippen molar-refractivity contribution in [1.82, 2.24) is 4.90 Å². The summed E-state index contributed by atoms with van der Waals surface area (Å²) in [6.07, 6.45) is 3.75. The number of hydrogen-bond acceptors (Lipinski definition) is 5. The summed E-state index contributed by atoms with van der Waals surface area (Å²) in [5.74, 6) is 0.470. The van der Waals surface area contributed by atoms with Gasteiger partial charge in [0, 0.05) is 18.3 Å². The molecule has 1 aliphatic heterocycles. The third kappa shape index (κ3) is 6.04. The Balaban J connectivity index is 1.51. The Morgan fingerprint density at radius 3 is 2.81 bits per heavy atom. The molecule has 1 heterocycles. The Kier molecular flexibility index (Phi) is 6.34. The minimum atomic E-state index is -0.208. The van der Waals surface area contributed by atoms with Crippen LogP contribution in [0, 0.1) is 0 Å². The standard InChI is InChI=1S/C16H24N2O3/c17-14-5-3-6-15(13-14)20-12-7-16(19)21-11-4-10-18-8-1-2-9-18/h3,5-6,13H,1-2,4,7-12,17H2. The molecule has 0 unspecified atom stereocenters.